The Morgan fingerprint density at radius 3 is 2.62 bits per heavy atom. The molecule has 0 unspecified atom stereocenters. The van der Waals surface area contributed by atoms with Crippen LogP contribution in [0, 0.1) is 6.92 Å². The molecule has 206 valence electrons. The number of aromatic nitrogens is 8. The Morgan fingerprint density at radius 2 is 2.00 bits per heavy atom. The number of carbonyl (C=O) groups excluding carboxylic acids is 1. The zero-order valence-electron chi connectivity index (χ0n) is 21.9. The number of sulfone groups is 1. The van der Waals surface area contributed by atoms with Gasteiger partial charge in [0.1, 0.15) is 10.7 Å². The molecule has 0 spiro atoms. The van der Waals surface area contributed by atoms with Gasteiger partial charge in [-0.05, 0) is 32.8 Å². The lowest BCUT2D eigenvalue weighted by Gasteiger charge is -2.37. The molecule has 1 aliphatic rings. The molecule has 1 aliphatic heterocycles. The predicted octanol–water partition coefficient (Wildman–Crippen LogP) is 2.74. The molecule has 2 atom stereocenters. The van der Waals surface area contributed by atoms with Gasteiger partial charge in [0.05, 0.1) is 34.5 Å². The van der Waals surface area contributed by atoms with Gasteiger partial charge >= 0.3 is 0 Å². The highest BCUT2D eigenvalue weighted by Crippen LogP contribution is 2.38. The molecule has 5 aromatic rings. The minimum atomic E-state index is -3.75. The van der Waals surface area contributed by atoms with Crippen LogP contribution < -0.4 is 5.73 Å². The van der Waals surface area contributed by atoms with E-state index in [-0.39, 0.29) is 34.3 Å². The number of nitrogens with two attached hydrogens (primary N) is 1. The van der Waals surface area contributed by atoms with Crippen molar-refractivity contribution in [2.75, 3.05) is 18.5 Å². The quantitative estimate of drug-likeness (QED) is 0.315. The number of rotatable bonds is 5. The number of anilines is 1. The lowest BCUT2D eigenvalue weighted by atomic mass is 9.88. The largest absolute Gasteiger partial charge is 0.382 e. The summed E-state index contributed by atoms with van der Waals surface area (Å²) in [6.07, 6.45) is 6.85. The van der Waals surface area contributed by atoms with Crippen LogP contribution >= 0.6 is 11.3 Å². The first kappa shape index (κ1) is 26.0. The first-order valence-electron chi connectivity index (χ1n) is 12.5. The second kappa shape index (κ2) is 9.75. The molecule has 40 heavy (non-hydrogen) atoms. The highest BCUT2D eigenvalue weighted by atomic mass is 32.2. The normalized spacial score (nSPS) is 17.9. The molecule has 1 fully saturated rings. The standard InChI is InChI=1S/C25H26N10O3S2/c1-13-8-15(6-7-34(13)25(36)19-11-28-33-32-19)21-22(40(3,37)38)23(26)35-24(31-21)17(10-29-35)16-4-5-18(27-9-16)20-12-39-14(2)30-20/h4-5,9-13,15H,6-8,26H2,1-3H3,(H,28,32,33)/t13-,15+/m0/s1. The van der Waals surface area contributed by atoms with E-state index in [0.717, 1.165) is 28.2 Å². The maximum atomic E-state index is 13.0. The second-order valence-corrected chi connectivity index (χ2v) is 12.9. The number of aromatic amines is 1. The molecule has 6 heterocycles. The molecule has 5 aromatic heterocycles. The van der Waals surface area contributed by atoms with Gasteiger partial charge in [-0.25, -0.2) is 18.4 Å². The van der Waals surface area contributed by atoms with Gasteiger partial charge in [0.25, 0.3) is 5.91 Å². The summed E-state index contributed by atoms with van der Waals surface area (Å²) >= 11 is 1.56. The van der Waals surface area contributed by atoms with E-state index in [4.69, 9.17) is 10.7 Å². The molecule has 1 amide bonds. The predicted molar refractivity (Wildman–Crippen MR) is 148 cm³/mol. The third-order valence-corrected chi connectivity index (χ3v) is 9.08. The fraction of sp³-hybridized carbons (Fsp3) is 0.320. The van der Waals surface area contributed by atoms with E-state index in [1.807, 2.05) is 31.4 Å². The number of amides is 1. The van der Waals surface area contributed by atoms with Crippen LogP contribution in [0.3, 0.4) is 0 Å². The lowest BCUT2D eigenvalue weighted by Crippen LogP contribution is -2.44. The fourth-order valence-corrected chi connectivity index (χ4v) is 6.90. The molecule has 3 N–H and O–H groups in total. The van der Waals surface area contributed by atoms with Crippen LogP contribution in [0.25, 0.3) is 28.2 Å². The van der Waals surface area contributed by atoms with Crippen LogP contribution in [0.1, 0.15) is 46.9 Å². The number of nitrogens with one attached hydrogen (secondary N) is 1. The summed E-state index contributed by atoms with van der Waals surface area (Å²) in [5.41, 5.74) is 10.5. The van der Waals surface area contributed by atoms with Gasteiger partial charge in [0.2, 0.25) is 0 Å². The van der Waals surface area contributed by atoms with Gasteiger partial charge in [-0.1, -0.05) is 6.07 Å². The zero-order chi connectivity index (χ0) is 28.2. The van der Waals surface area contributed by atoms with Crippen molar-refractivity contribution in [1.29, 1.82) is 0 Å². The van der Waals surface area contributed by atoms with Crippen molar-refractivity contribution in [2.45, 2.75) is 43.5 Å². The van der Waals surface area contributed by atoms with E-state index in [2.05, 4.69) is 30.5 Å². The average molecular weight is 579 g/mol. The van der Waals surface area contributed by atoms with Crippen LogP contribution in [-0.4, -0.2) is 78.0 Å². The first-order valence-corrected chi connectivity index (χ1v) is 15.3. The monoisotopic (exact) mass is 578 g/mol. The molecule has 0 radical (unpaired) electrons. The highest BCUT2D eigenvalue weighted by Gasteiger charge is 2.35. The number of pyridine rings is 1. The number of likely N-dealkylation sites (tertiary alicyclic amines) is 1. The van der Waals surface area contributed by atoms with Crippen molar-refractivity contribution in [3.8, 4) is 22.5 Å². The topological polar surface area (TPSA) is 178 Å². The minimum absolute atomic E-state index is 0.00466. The van der Waals surface area contributed by atoms with Crippen LogP contribution in [0.4, 0.5) is 5.82 Å². The highest BCUT2D eigenvalue weighted by molar-refractivity contribution is 7.91. The number of nitrogens with zero attached hydrogens (tertiary/aromatic N) is 8. The number of carbonyl (C=O) groups is 1. The summed E-state index contributed by atoms with van der Waals surface area (Å²) < 4.78 is 27.3. The van der Waals surface area contributed by atoms with Gasteiger partial charge in [-0.3, -0.25) is 9.78 Å². The van der Waals surface area contributed by atoms with Crippen molar-refractivity contribution in [3.05, 3.63) is 52.5 Å². The summed E-state index contributed by atoms with van der Waals surface area (Å²) in [6, 6.07) is 3.60. The smallest absolute Gasteiger partial charge is 0.276 e. The summed E-state index contributed by atoms with van der Waals surface area (Å²) in [4.78, 5) is 28.5. The summed E-state index contributed by atoms with van der Waals surface area (Å²) in [5, 5.41) is 17.4. The zero-order valence-corrected chi connectivity index (χ0v) is 23.6. The van der Waals surface area contributed by atoms with E-state index >= 15 is 0 Å². The SMILES string of the molecule is Cc1nc(-c2ccc(-c3cnn4c(N)c(S(C)(=O)=O)c([C@@H]5CCN(C(=O)c6cn[nH]n6)[C@@H](C)C5)nc34)cn2)cs1. The Hall–Kier alpha value is -4.24. The van der Waals surface area contributed by atoms with Crippen molar-refractivity contribution in [1.82, 2.24) is 44.9 Å². The van der Waals surface area contributed by atoms with Crippen LogP contribution in [-0.2, 0) is 9.84 Å². The molecular formula is C25H26N10O3S2. The summed E-state index contributed by atoms with van der Waals surface area (Å²) in [7, 11) is -3.75. The number of H-pyrrole nitrogens is 1. The summed E-state index contributed by atoms with van der Waals surface area (Å²) in [5.74, 6) is -0.470. The minimum Gasteiger partial charge on any atom is -0.382 e. The van der Waals surface area contributed by atoms with Gasteiger partial charge in [-0.2, -0.15) is 25.0 Å². The third-order valence-electron chi connectivity index (χ3n) is 7.15. The van der Waals surface area contributed by atoms with E-state index in [9.17, 15) is 13.2 Å². The molecule has 13 nitrogen and oxygen atoms in total. The van der Waals surface area contributed by atoms with Crippen molar-refractivity contribution in [3.63, 3.8) is 0 Å². The molecule has 0 aliphatic carbocycles. The number of nitrogen functional groups attached to an aromatic ring is 1. The van der Waals surface area contributed by atoms with Crippen LogP contribution in [0.15, 0.2) is 41.0 Å². The molecular weight excluding hydrogens is 552 g/mol. The molecule has 6 rings (SSSR count). The average Bonchev–Trinajstić information content (AvgIpc) is 3.69. The molecule has 1 saturated heterocycles. The Kier molecular flexibility index (Phi) is 6.34. The van der Waals surface area contributed by atoms with E-state index < -0.39 is 9.84 Å². The third kappa shape index (κ3) is 4.50. The number of hydrogen-bond acceptors (Lipinski definition) is 11. The maximum Gasteiger partial charge on any atom is 0.276 e. The Balaban J connectivity index is 1.39. The van der Waals surface area contributed by atoms with E-state index in [0.29, 0.717) is 36.3 Å². The molecule has 0 bridgehead atoms. The van der Waals surface area contributed by atoms with Gasteiger partial charge < -0.3 is 10.6 Å². The van der Waals surface area contributed by atoms with E-state index in [1.54, 1.807) is 28.6 Å². The number of fused-ring (bicyclic) bond motifs is 1. The lowest BCUT2D eigenvalue weighted by molar-refractivity contribution is 0.0607. The fourth-order valence-electron chi connectivity index (χ4n) is 5.24. The molecule has 0 saturated carbocycles. The van der Waals surface area contributed by atoms with Crippen molar-refractivity contribution in [2.24, 2.45) is 0 Å². The van der Waals surface area contributed by atoms with Crippen LogP contribution in [0.5, 0.6) is 0 Å². The number of hydrogen-bond donors (Lipinski definition) is 2. The Bertz CT molecular complexity index is 1830. The number of piperidine rings is 1. The van der Waals surface area contributed by atoms with Gasteiger partial charge in [0.15, 0.2) is 21.2 Å². The maximum absolute atomic E-state index is 13.0. The van der Waals surface area contributed by atoms with Gasteiger partial charge in [-0.15, -0.1) is 11.3 Å². The van der Waals surface area contributed by atoms with Crippen molar-refractivity contribution < 1.29 is 13.2 Å². The van der Waals surface area contributed by atoms with Gasteiger partial charge in [0, 0.05) is 47.5 Å². The van der Waals surface area contributed by atoms with E-state index in [1.165, 1.54) is 10.7 Å². The Morgan fingerprint density at radius 1 is 1.18 bits per heavy atom. The van der Waals surface area contributed by atoms with Crippen LogP contribution in [0.2, 0.25) is 0 Å². The van der Waals surface area contributed by atoms with Crippen molar-refractivity contribution >= 4 is 38.5 Å². The number of aryl methyl sites for hydroxylation is 1. The molecule has 15 heteroatoms. The Labute approximate surface area is 233 Å². The number of thiazole rings is 1. The molecule has 0 aromatic carbocycles. The summed E-state index contributed by atoms with van der Waals surface area (Å²) in [6.45, 7) is 4.27. The first-order chi connectivity index (χ1) is 19.1. The second-order valence-electron chi connectivity index (χ2n) is 9.89.